The number of benzene rings is 2. The first-order valence-corrected chi connectivity index (χ1v) is 6.67. The average Bonchev–Trinajstić information content (AvgIpc) is 2.63. The fraction of sp³-hybridized carbons (Fsp3) is 0.0588. The summed E-state index contributed by atoms with van der Waals surface area (Å²) in [5, 5.41) is 0.845. The lowest BCUT2D eigenvalue weighted by molar-refractivity contribution is -0.116. The fourth-order valence-corrected chi connectivity index (χ4v) is 2.27. The summed E-state index contributed by atoms with van der Waals surface area (Å²) >= 11 is 0. The minimum atomic E-state index is -1.85. The highest BCUT2D eigenvalue weighted by Gasteiger charge is 2.31. The predicted octanol–water partition coefficient (Wildman–Crippen LogP) is 1.45. The van der Waals surface area contributed by atoms with Crippen LogP contribution in [0.2, 0.25) is 0 Å². The van der Waals surface area contributed by atoms with Crippen LogP contribution >= 0.6 is 0 Å². The number of carbonyl (C=O) groups excluding carboxylic acids is 1. The number of nitrogens with one attached hydrogen (secondary N) is 1. The molecule has 2 aromatic rings. The first-order valence-electron chi connectivity index (χ1n) is 6.67. The normalized spacial score (nSPS) is 15.8. The third-order valence-electron chi connectivity index (χ3n) is 3.40. The lowest BCUT2D eigenvalue weighted by atomic mass is 9.61. The zero-order valence-electron chi connectivity index (χ0n) is 11.7. The summed E-state index contributed by atoms with van der Waals surface area (Å²) in [7, 11) is 11.7. The molecule has 1 amide bonds. The Bertz CT molecular complexity index is 820. The summed E-state index contributed by atoms with van der Waals surface area (Å²) in [6.07, 6.45) is 5.46. The summed E-state index contributed by atoms with van der Waals surface area (Å²) in [6.45, 7) is 0. The van der Waals surface area contributed by atoms with Crippen molar-refractivity contribution in [2.45, 2.75) is 5.34 Å². The maximum atomic E-state index is 12.1. The van der Waals surface area contributed by atoms with E-state index in [-0.39, 0.29) is 0 Å². The Morgan fingerprint density at radius 1 is 1.14 bits per heavy atom. The van der Waals surface area contributed by atoms with Gasteiger partial charge in [-0.3, -0.25) is 9.79 Å². The number of hydrogen-bond acceptors (Lipinski definition) is 2. The van der Waals surface area contributed by atoms with Crippen LogP contribution in [0.3, 0.4) is 0 Å². The monoisotopic (exact) mass is 280 g/mol. The third-order valence-corrected chi connectivity index (χ3v) is 3.40. The second-order valence-electron chi connectivity index (χ2n) is 5.01. The Hall–Kier alpha value is -2.73. The standard InChI is InChI=1S/C17H10B2N2O/c1-2-11-8-9-14-13(10-11)15(12-6-4-3-5-7-12)21-17(18,19)16(22)20-14/h1,3-10H,(H,20,22). The second kappa shape index (κ2) is 5.23. The molecule has 0 aliphatic carbocycles. The molecule has 3 nitrogen and oxygen atoms in total. The first kappa shape index (κ1) is 14.2. The van der Waals surface area contributed by atoms with E-state index in [1.807, 2.05) is 30.3 Å². The van der Waals surface area contributed by atoms with Crippen molar-refractivity contribution < 1.29 is 4.79 Å². The minimum Gasteiger partial charge on any atom is -0.325 e. The number of carbonyl (C=O) groups is 1. The van der Waals surface area contributed by atoms with Crippen LogP contribution in [0.15, 0.2) is 53.5 Å². The van der Waals surface area contributed by atoms with E-state index in [4.69, 9.17) is 22.1 Å². The van der Waals surface area contributed by atoms with Crippen molar-refractivity contribution in [2.75, 3.05) is 5.32 Å². The van der Waals surface area contributed by atoms with Crippen molar-refractivity contribution in [1.29, 1.82) is 0 Å². The molecular formula is C17H10B2N2O. The summed E-state index contributed by atoms with van der Waals surface area (Å²) in [5.41, 5.74) is 3.26. The van der Waals surface area contributed by atoms with Gasteiger partial charge >= 0.3 is 0 Å². The summed E-state index contributed by atoms with van der Waals surface area (Å²) < 4.78 is 0. The van der Waals surface area contributed by atoms with E-state index in [0.29, 0.717) is 22.5 Å². The van der Waals surface area contributed by atoms with Crippen LogP contribution in [0.25, 0.3) is 0 Å². The number of amides is 1. The maximum absolute atomic E-state index is 12.1. The van der Waals surface area contributed by atoms with E-state index < -0.39 is 11.2 Å². The molecule has 1 heterocycles. The number of aliphatic imine (C=N–C) groups is 1. The molecule has 0 bridgehead atoms. The predicted molar refractivity (Wildman–Crippen MR) is 89.3 cm³/mol. The van der Waals surface area contributed by atoms with E-state index in [2.05, 4.69) is 16.2 Å². The van der Waals surface area contributed by atoms with E-state index >= 15 is 0 Å². The Balaban J connectivity index is 2.29. The number of rotatable bonds is 1. The second-order valence-corrected chi connectivity index (χ2v) is 5.01. The number of benzodiazepines with no additional fused rings is 1. The summed E-state index contributed by atoms with van der Waals surface area (Å²) in [4.78, 5) is 16.4. The van der Waals surface area contributed by atoms with Crippen molar-refractivity contribution in [3.05, 3.63) is 65.2 Å². The Labute approximate surface area is 131 Å². The Kier molecular flexibility index (Phi) is 3.38. The van der Waals surface area contributed by atoms with Crippen LogP contribution in [0.4, 0.5) is 5.69 Å². The number of terminal acetylenes is 1. The van der Waals surface area contributed by atoms with Crippen molar-refractivity contribution in [3.63, 3.8) is 0 Å². The number of anilines is 1. The molecule has 0 unspecified atom stereocenters. The zero-order chi connectivity index (χ0) is 15.7. The van der Waals surface area contributed by atoms with Crippen molar-refractivity contribution >= 4 is 33.0 Å². The van der Waals surface area contributed by atoms with Crippen molar-refractivity contribution in [3.8, 4) is 12.3 Å². The first-order chi connectivity index (χ1) is 10.5. The van der Waals surface area contributed by atoms with E-state index in [0.717, 1.165) is 5.56 Å². The molecule has 4 radical (unpaired) electrons. The lowest BCUT2D eigenvalue weighted by Crippen LogP contribution is -2.42. The van der Waals surface area contributed by atoms with Crippen LogP contribution in [0, 0.1) is 12.3 Å². The van der Waals surface area contributed by atoms with Gasteiger partial charge in [-0.15, -0.1) is 6.42 Å². The zero-order valence-corrected chi connectivity index (χ0v) is 11.7. The Morgan fingerprint density at radius 3 is 2.55 bits per heavy atom. The van der Waals surface area contributed by atoms with Gasteiger partial charge in [-0.25, -0.2) is 0 Å². The molecule has 2 aromatic carbocycles. The number of hydrogen-bond donors (Lipinski definition) is 1. The minimum absolute atomic E-state index is 0.524. The van der Waals surface area contributed by atoms with E-state index in [1.54, 1.807) is 18.2 Å². The molecule has 5 heteroatoms. The van der Waals surface area contributed by atoms with Gasteiger partial charge in [0, 0.05) is 16.7 Å². The molecule has 0 fully saturated rings. The SMILES string of the molecule is [B]C1([B])N=C(c2ccccc2)c2cc(C#C)ccc2NC1=O. The average molecular weight is 280 g/mol. The highest BCUT2D eigenvalue weighted by atomic mass is 16.2. The lowest BCUT2D eigenvalue weighted by Gasteiger charge is -2.18. The van der Waals surface area contributed by atoms with Gasteiger partial charge < -0.3 is 5.32 Å². The van der Waals surface area contributed by atoms with Crippen LogP contribution < -0.4 is 5.32 Å². The summed E-state index contributed by atoms with van der Waals surface area (Å²) in [6, 6.07) is 14.6. The van der Waals surface area contributed by atoms with Crippen molar-refractivity contribution in [1.82, 2.24) is 0 Å². The van der Waals surface area contributed by atoms with E-state index in [1.165, 1.54) is 0 Å². The topological polar surface area (TPSA) is 41.5 Å². The van der Waals surface area contributed by atoms with Gasteiger partial charge in [0.15, 0.2) is 0 Å². The molecule has 3 rings (SSSR count). The smallest absolute Gasteiger partial charge is 0.233 e. The molecule has 0 saturated carbocycles. The highest BCUT2D eigenvalue weighted by Crippen LogP contribution is 2.27. The summed E-state index contributed by atoms with van der Waals surface area (Å²) in [5.74, 6) is 2.00. The molecule has 0 spiro atoms. The van der Waals surface area contributed by atoms with Crippen LogP contribution in [-0.2, 0) is 4.79 Å². The van der Waals surface area contributed by atoms with Crippen LogP contribution in [0.5, 0.6) is 0 Å². The van der Waals surface area contributed by atoms with Gasteiger partial charge in [0.1, 0.15) is 15.7 Å². The number of fused-ring (bicyclic) bond motifs is 1. The molecule has 100 valence electrons. The maximum Gasteiger partial charge on any atom is 0.233 e. The van der Waals surface area contributed by atoms with Gasteiger partial charge in [-0.1, -0.05) is 36.3 Å². The molecule has 0 aromatic heterocycles. The fourth-order valence-electron chi connectivity index (χ4n) is 2.27. The molecular weight excluding hydrogens is 270 g/mol. The molecule has 0 atom stereocenters. The third kappa shape index (κ3) is 2.44. The quantitative estimate of drug-likeness (QED) is 0.623. The Morgan fingerprint density at radius 2 is 1.86 bits per heavy atom. The molecule has 1 N–H and O–H groups in total. The molecule has 1 aliphatic rings. The van der Waals surface area contributed by atoms with Crippen LogP contribution in [-0.4, -0.2) is 32.6 Å². The molecule has 22 heavy (non-hydrogen) atoms. The molecule has 1 aliphatic heterocycles. The molecule has 0 saturated heterocycles. The largest absolute Gasteiger partial charge is 0.325 e. The van der Waals surface area contributed by atoms with Gasteiger partial charge in [-0.2, -0.15) is 0 Å². The number of nitrogens with zero attached hydrogens (tertiary/aromatic N) is 1. The van der Waals surface area contributed by atoms with Gasteiger partial charge in [0.2, 0.25) is 5.91 Å². The van der Waals surface area contributed by atoms with Crippen LogP contribution in [0.1, 0.15) is 16.7 Å². The van der Waals surface area contributed by atoms with Gasteiger partial charge in [-0.05, 0) is 18.2 Å². The van der Waals surface area contributed by atoms with Gasteiger partial charge in [0.05, 0.1) is 16.7 Å². The highest BCUT2D eigenvalue weighted by molar-refractivity contribution is 6.53. The van der Waals surface area contributed by atoms with Gasteiger partial charge in [0.25, 0.3) is 0 Å². The van der Waals surface area contributed by atoms with E-state index in [9.17, 15) is 4.79 Å². The van der Waals surface area contributed by atoms with Crippen molar-refractivity contribution in [2.24, 2.45) is 4.99 Å².